The van der Waals surface area contributed by atoms with Crippen molar-refractivity contribution in [2.75, 3.05) is 7.05 Å². The number of carbonyl (C=O) groups is 1. The highest BCUT2D eigenvalue weighted by Crippen LogP contribution is 2.21. The molecule has 0 radical (unpaired) electrons. The lowest BCUT2D eigenvalue weighted by molar-refractivity contribution is -0.122. The average Bonchev–Trinajstić information content (AvgIpc) is 2.50. The summed E-state index contributed by atoms with van der Waals surface area (Å²) in [6.07, 6.45) is 3.19. The quantitative estimate of drug-likeness (QED) is 0.658. The van der Waals surface area contributed by atoms with Crippen molar-refractivity contribution in [3.8, 4) is 6.07 Å². The number of carbonyl (C=O) groups excluding carboxylic acids is 1. The Morgan fingerprint density at radius 2 is 2.46 bits per heavy atom. The topological polar surface area (TPSA) is 44.1 Å². The van der Waals surface area contributed by atoms with Gasteiger partial charge in [0.1, 0.15) is 5.78 Å². The van der Waals surface area contributed by atoms with Gasteiger partial charge in [0.15, 0.2) is 0 Å². The molecule has 0 bridgehead atoms. The zero-order chi connectivity index (χ0) is 9.84. The molecule has 0 aromatic rings. The van der Waals surface area contributed by atoms with Crippen molar-refractivity contribution in [3.05, 3.63) is 0 Å². The van der Waals surface area contributed by atoms with E-state index in [4.69, 9.17) is 5.26 Å². The van der Waals surface area contributed by atoms with E-state index in [1.807, 2.05) is 18.9 Å². The third-order valence-electron chi connectivity index (χ3n) is 2.85. The first kappa shape index (κ1) is 10.2. The normalized spacial score (nSPS) is 24.8. The fourth-order valence-electron chi connectivity index (χ4n) is 1.81. The highest BCUT2D eigenvalue weighted by atomic mass is 16.1. The summed E-state index contributed by atoms with van der Waals surface area (Å²) < 4.78 is 0. The van der Waals surface area contributed by atoms with Crippen LogP contribution >= 0.6 is 0 Å². The minimum atomic E-state index is 0.0725. The van der Waals surface area contributed by atoms with Gasteiger partial charge in [0.05, 0.1) is 18.5 Å². The minimum Gasteiger partial charge on any atom is -0.298 e. The van der Waals surface area contributed by atoms with E-state index in [0.29, 0.717) is 18.6 Å². The van der Waals surface area contributed by atoms with Gasteiger partial charge in [0.25, 0.3) is 0 Å². The summed E-state index contributed by atoms with van der Waals surface area (Å²) in [4.78, 5) is 13.4. The van der Waals surface area contributed by atoms with Crippen molar-refractivity contribution in [3.63, 3.8) is 0 Å². The Balaban J connectivity index is 2.51. The van der Waals surface area contributed by atoms with Crippen LogP contribution in [0.2, 0.25) is 0 Å². The number of likely N-dealkylation sites (N-methyl/N-ethyl adjacent to an activating group) is 1. The predicted molar refractivity (Wildman–Crippen MR) is 50.1 cm³/mol. The monoisotopic (exact) mass is 180 g/mol. The van der Waals surface area contributed by atoms with E-state index < -0.39 is 0 Å². The molecule has 1 saturated carbocycles. The number of hydrogen-bond acceptors (Lipinski definition) is 3. The van der Waals surface area contributed by atoms with Crippen molar-refractivity contribution >= 4 is 5.78 Å². The Labute approximate surface area is 79.3 Å². The van der Waals surface area contributed by atoms with E-state index in [0.717, 1.165) is 12.8 Å². The van der Waals surface area contributed by atoms with E-state index >= 15 is 0 Å². The highest BCUT2D eigenvalue weighted by molar-refractivity contribution is 5.85. The molecule has 0 saturated heterocycles. The number of ketones is 1. The molecule has 2 atom stereocenters. The van der Waals surface area contributed by atoms with Crippen molar-refractivity contribution in [2.24, 2.45) is 0 Å². The van der Waals surface area contributed by atoms with Crippen LogP contribution in [0.4, 0.5) is 0 Å². The zero-order valence-corrected chi connectivity index (χ0v) is 8.29. The van der Waals surface area contributed by atoms with Gasteiger partial charge in [-0.1, -0.05) is 0 Å². The van der Waals surface area contributed by atoms with Crippen LogP contribution in [0.25, 0.3) is 0 Å². The van der Waals surface area contributed by atoms with Crippen molar-refractivity contribution in [1.82, 2.24) is 4.90 Å². The lowest BCUT2D eigenvalue weighted by Crippen LogP contribution is -2.40. The molecule has 0 spiro atoms. The molecule has 3 heteroatoms. The number of Topliss-reactive ketones (excluding diaryl/α,β-unsaturated/α-hetero) is 1. The maximum atomic E-state index is 11.4. The van der Waals surface area contributed by atoms with Crippen LogP contribution < -0.4 is 0 Å². The second-order valence-corrected chi connectivity index (χ2v) is 3.75. The number of hydrogen-bond donors (Lipinski definition) is 0. The molecule has 1 rings (SSSR count). The standard InChI is InChI=1S/C10H16N2O/c1-8(6-7-11)12(2)9-4-3-5-10(9)13/h8-9H,3-6H2,1-2H3. The fourth-order valence-corrected chi connectivity index (χ4v) is 1.81. The lowest BCUT2D eigenvalue weighted by Gasteiger charge is -2.27. The molecule has 0 heterocycles. The summed E-state index contributed by atoms with van der Waals surface area (Å²) in [6, 6.07) is 2.40. The molecule has 1 aliphatic carbocycles. The lowest BCUT2D eigenvalue weighted by atomic mass is 10.1. The summed E-state index contributed by atoms with van der Waals surface area (Å²) >= 11 is 0. The maximum Gasteiger partial charge on any atom is 0.149 e. The van der Waals surface area contributed by atoms with Gasteiger partial charge in [0, 0.05) is 12.5 Å². The largest absolute Gasteiger partial charge is 0.298 e. The molecule has 72 valence electrons. The van der Waals surface area contributed by atoms with Gasteiger partial charge in [-0.2, -0.15) is 5.26 Å². The smallest absolute Gasteiger partial charge is 0.149 e. The summed E-state index contributed by atoms with van der Waals surface area (Å²) in [7, 11) is 1.94. The molecule has 1 fully saturated rings. The summed E-state index contributed by atoms with van der Waals surface area (Å²) in [6.45, 7) is 1.99. The number of nitriles is 1. The molecule has 13 heavy (non-hydrogen) atoms. The van der Waals surface area contributed by atoms with E-state index in [-0.39, 0.29) is 12.1 Å². The van der Waals surface area contributed by atoms with Crippen molar-refractivity contribution in [2.45, 2.75) is 44.7 Å². The number of nitrogens with zero attached hydrogens (tertiary/aromatic N) is 2. The van der Waals surface area contributed by atoms with Gasteiger partial charge < -0.3 is 0 Å². The summed E-state index contributed by atoms with van der Waals surface area (Å²) in [5, 5.41) is 8.53. The van der Waals surface area contributed by atoms with Gasteiger partial charge in [-0.05, 0) is 26.8 Å². The highest BCUT2D eigenvalue weighted by Gasteiger charge is 2.30. The Morgan fingerprint density at radius 1 is 1.77 bits per heavy atom. The Morgan fingerprint density at radius 3 is 2.92 bits per heavy atom. The molecule has 3 nitrogen and oxygen atoms in total. The average molecular weight is 180 g/mol. The zero-order valence-electron chi connectivity index (χ0n) is 8.29. The molecular weight excluding hydrogens is 164 g/mol. The maximum absolute atomic E-state index is 11.4. The van der Waals surface area contributed by atoms with Crippen LogP contribution in [-0.2, 0) is 4.79 Å². The van der Waals surface area contributed by atoms with Crippen molar-refractivity contribution in [1.29, 1.82) is 5.26 Å². The van der Waals surface area contributed by atoms with Crippen LogP contribution in [-0.4, -0.2) is 29.8 Å². The van der Waals surface area contributed by atoms with Gasteiger partial charge >= 0.3 is 0 Å². The van der Waals surface area contributed by atoms with Crippen LogP contribution in [0.15, 0.2) is 0 Å². The molecule has 0 aromatic heterocycles. The van der Waals surface area contributed by atoms with Crippen LogP contribution in [0.1, 0.15) is 32.6 Å². The molecule has 1 aliphatic rings. The third-order valence-corrected chi connectivity index (χ3v) is 2.85. The molecule has 0 N–H and O–H groups in total. The third kappa shape index (κ3) is 2.28. The first-order valence-electron chi connectivity index (χ1n) is 4.78. The van der Waals surface area contributed by atoms with Gasteiger partial charge in [-0.25, -0.2) is 0 Å². The first-order valence-corrected chi connectivity index (χ1v) is 4.78. The molecule has 0 amide bonds. The van der Waals surface area contributed by atoms with Gasteiger partial charge in [0.2, 0.25) is 0 Å². The first-order chi connectivity index (χ1) is 6.16. The minimum absolute atomic E-state index is 0.0725. The van der Waals surface area contributed by atoms with Crippen LogP contribution in [0.3, 0.4) is 0 Å². The van der Waals surface area contributed by atoms with Gasteiger partial charge in [-0.15, -0.1) is 0 Å². The van der Waals surface area contributed by atoms with Gasteiger partial charge in [-0.3, -0.25) is 9.69 Å². The van der Waals surface area contributed by atoms with Crippen molar-refractivity contribution < 1.29 is 4.79 Å². The molecule has 0 aromatic carbocycles. The number of rotatable bonds is 3. The Kier molecular flexibility index (Phi) is 3.44. The SMILES string of the molecule is CC(CC#N)N(C)C1CCCC1=O. The van der Waals surface area contributed by atoms with E-state index in [1.54, 1.807) is 0 Å². The van der Waals surface area contributed by atoms with Crippen LogP contribution in [0.5, 0.6) is 0 Å². The van der Waals surface area contributed by atoms with E-state index in [1.165, 1.54) is 0 Å². The second-order valence-electron chi connectivity index (χ2n) is 3.75. The Bertz CT molecular complexity index is 232. The fraction of sp³-hybridized carbons (Fsp3) is 0.800. The Hall–Kier alpha value is -0.880. The molecule has 0 aliphatic heterocycles. The second kappa shape index (κ2) is 4.38. The van der Waals surface area contributed by atoms with Crippen LogP contribution in [0, 0.1) is 11.3 Å². The summed E-state index contributed by atoms with van der Waals surface area (Å²) in [5.41, 5.74) is 0. The molecular formula is C10H16N2O. The predicted octanol–water partition coefficient (Wildman–Crippen LogP) is 1.34. The van der Waals surface area contributed by atoms with E-state index in [2.05, 4.69) is 6.07 Å². The molecule has 2 unspecified atom stereocenters. The summed E-state index contributed by atoms with van der Waals surface area (Å²) in [5.74, 6) is 0.340. The van der Waals surface area contributed by atoms with E-state index in [9.17, 15) is 4.79 Å².